The van der Waals surface area contributed by atoms with Crippen LogP contribution in [0.2, 0.25) is 5.02 Å². The van der Waals surface area contributed by atoms with Gasteiger partial charge in [0.2, 0.25) is 0 Å². The Morgan fingerprint density at radius 3 is 2.78 bits per heavy atom. The molecule has 0 aromatic heterocycles. The summed E-state index contributed by atoms with van der Waals surface area (Å²) in [4.78, 5) is 14.2. The Labute approximate surface area is 163 Å². The zero-order valence-corrected chi connectivity index (χ0v) is 15.9. The smallest absolute Gasteiger partial charge is 0.313 e. The number of hydrogen-bond donors (Lipinski definition) is 2. The Morgan fingerprint density at radius 1 is 1.33 bits per heavy atom. The molecule has 1 heterocycles. The second kappa shape index (κ2) is 7.97. The minimum absolute atomic E-state index is 0.0807. The van der Waals surface area contributed by atoms with Crippen LogP contribution in [0.15, 0.2) is 42.5 Å². The minimum Gasteiger partial charge on any atom is -0.481 e. The van der Waals surface area contributed by atoms with E-state index >= 15 is 0 Å². The average Bonchev–Trinajstić information content (AvgIpc) is 2.60. The number of aryl methyl sites for hydroxylation is 1. The maximum absolute atomic E-state index is 13.6. The van der Waals surface area contributed by atoms with Gasteiger partial charge in [-0.3, -0.25) is 9.69 Å². The largest absolute Gasteiger partial charge is 0.481 e. The fraction of sp³-hybridized carbons (Fsp3) is 0.381. The van der Waals surface area contributed by atoms with Crippen LogP contribution in [-0.2, 0) is 17.8 Å². The molecule has 1 aliphatic rings. The molecule has 1 fully saturated rings. The molecule has 2 N–H and O–H groups in total. The van der Waals surface area contributed by atoms with Crippen LogP contribution >= 0.6 is 11.6 Å². The first-order valence-corrected chi connectivity index (χ1v) is 9.31. The predicted molar refractivity (Wildman–Crippen MR) is 102 cm³/mol. The summed E-state index contributed by atoms with van der Waals surface area (Å²) in [5, 5.41) is 21.2. The summed E-state index contributed by atoms with van der Waals surface area (Å²) < 4.78 is 13.6. The van der Waals surface area contributed by atoms with Crippen molar-refractivity contribution in [2.45, 2.75) is 32.4 Å². The maximum Gasteiger partial charge on any atom is 0.313 e. The van der Waals surface area contributed by atoms with Gasteiger partial charge in [0.05, 0.1) is 6.10 Å². The second-order valence-corrected chi connectivity index (χ2v) is 7.79. The number of carboxylic acids is 1. The molecule has 1 aliphatic heterocycles. The third-order valence-electron chi connectivity index (χ3n) is 5.40. The number of rotatable bonds is 5. The highest BCUT2D eigenvalue weighted by Crippen LogP contribution is 2.35. The molecule has 0 saturated carbocycles. The van der Waals surface area contributed by atoms with Crippen LogP contribution in [0.25, 0.3) is 0 Å². The highest BCUT2D eigenvalue weighted by Gasteiger charge is 2.49. The molecule has 0 aliphatic carbocycles. The Kier molecular flexibility index (Phi) is 5.84. The number of likely N-dealkylation sites (tertiary alicyclic amines) is 1. The van der Waals surface area contributed by atoms with Crippen molar-refractivity contribution in [3.8, 4) is 0 Å². The Bertz CT molecular complexity index is 844. The average molecular weight is 392 g/mol. The number of nitrogens with zero attached hydrogens (tertiary/aromatic N) is 1. The topological polar surface area (TPSA) is 60.8 Å². The maximum atomic E-state index is 13.6. The first-order chi connectivity index (χ1) is 12.8. The van der Waals surface area contributed by atoms with Gasteiger partial charge in [-0.2, -0.15) is 0 Å². The number of aliphatic hydroxyl groups excluding tert-OH is 1. The fourth-order valence-corrected chi connectivity index (χ4v) is 4.07. The van der Waals surface area contributed by atoms with Gasteiger partial charge < -0.3 is 10.2 Å². The van der Waals surface area contributed by atoms with Crippen molar-refractivity contribution >= 4 is 17.6 Å². The van der Waals surface area contributed by atoms with Crippen LogP contribution in [0.4, 0.5) is 4.39 Å². The molecular formula is C21H23ClFNO3. The number of hydrogen-bond acceptors (Lipinski definition) is 3. The predicted octanol–water partition coefficient (Wildman–Crippen LogP) is 3.67. The van der Waals surface area contributed by atoms with Gasteiger partial charge in [0.25, 0.3) is 0 Å². The van der Waals surface area contributed by atoms with Crippen molar-refractivity contribution < 1.29 is 19.4 Å². The summed E-state index contributed by atoms with van der Waals surface area (Å²) in [5.74, 6) is -1.47. The zero-order valence-electron chi connectivity index (χ0n) is 15.2. The lowest BCUT2D eigenvalue weighted by molar-refractivity contribution is -0.163. The quantitative estimate of drug-likeness (QED) is 0.816. The Morgan fingerprint density at radius 2 is 2.11 bits per heavy atom. The number of benzene rings is 2. The van der Waals surface area contributed by atoms with Crippen molar-refractivity contribution in [3.05, 3.63) is 70.0 Å². The van der Waals surface area contributed by atoms with Gasteiger partial charge in [0.1, 0.15) is 11.2 Å². The first-order valence-electron chi connectivity index (χ1n) is 8.93. The van der Waals surface area contributed by atoms with Crippen molar-refractivity contribution in [2.75, 3.05) is 13.1 Å². The normalized spacial score (nSPS) is 23.3. The zero-order chi connectivity index (χ0) is 19.6. The first kappa shape index (κ1) is 19.8. The van der Waals surface area contributed by atoms with E-state index in [0.717, 1.165) is 11.1 Å². The molecular weight excluding hydrogens is 369 g/mol. The van der Waals surface area contributed by atoms with E-state index in [1.807, 2.05) is 30.0 Å². The second-order valence-electron chi connectivity index (χ2n) is 7.35. The van der Waals surface area contributed by atoms with Gasteiger partial charge >= 0.3 is 5.97 Å². The number of aliphatic hydroxyl groups is 1. The molecule has 0 bridgehead atoms. The number of halogens is 2. The number of carbonyl (C=O) groups is 1. The molecule has 2 atom stereocenters. The molecule has 2 aromatic carbocycles. The van der Waals surface area contributed by atoms with E-state index in [4.69, 9.17) is 11.6 Å². The molecule has 144 valence electrons. The van der Waals surface area contributed by atoms with E-state index in [1.165, 1.54) is 12.1 Å². The lowest BCUT2D eigenvalue weighted by Crippen LogP contribution is -2.56. The highest BCUT2D eigenvalue weighted by atomic mass is 35.5. The number of carboxylic acid groups (broad SMARTS) is 1. The monoisotopic (exact) mass is 391 g/mol. The Balaban J connectivity index is 1.85. The van der Waals surface area contributed by atoms with E-state index in [1.54, 1.807) is 12.1 Å². The van der Waals surface area contributed by atoms with Gasteiger partial charge in [-0.05, 0) is 60.7 Å². The van der Waals surface area contributed by atoms with Gasteiger partial charge in [-0.1, -0.05) is 29.8 Å². The van der Waals surface area contributed by atoms with E-state index in [0.29, 0.717) is 30.1 Å². The third-order valence-corrected chi connectivity index (χ3v) is 5.63. The molecule has 0 spiro atoms. The molecule has 0 unspecified atom stereocenters. The minimum atomic E-state index is -1.37. The molecule has 0 amide bonds. The lowest BCUT2D eigenvalue weighted by atomic mass is 9.72. The van der Waals surface area contributed by atoms with Crippen LogP contribution in [0.3, 0.4) is 0 Å². The molecule has 27 heavy (non-hydrogen) atoms. The van der Waals surface area contributed by atoms with Gasteiger partial charge in [0, 0.05) is 24.7 Å². The van der Waals surface area contributed by atoms with Crippen LogP contribution < -0.4 is 0 Å². The number of aliphatic carboxylic acids is 1. The summed E-state index contributed by atoms with van der Waals surface area (Å²) in [6, 6.07) is 11.6. The molecule has 1 saturated heterocycles. The molecule has 6 heteroatoms. The van der Waals surface area contributed by atoms with E-state index in [2.05, 4.69) is 0 Å². The van der Waals surface area contributed by atoms with Crippen molar-refractivity contribution in [3.63, 3.8) is 0 Å². The van der Waals surface area contributed by atoms with Crippen molar-refractivity contribution in [1.29, 1.82) is 0 Å². The summed E-state index contributed by atoms with van der Waals surface area (Å²) in [7, 11) is 0. The van der Waals surface area contributed by atoms with Gasteiger partial charge in [0.15, 0.2) is 0 Å². The van der Waals surface area contributed by atoms with Crippen molar-refractivity contribution in [1.82, 2.24) is 4.90 Å². The number of piperidine rings is 1. The van der Waals surface area contributed by atoms with Crippen molar-refractivity contribution in [2.24, 2.45) is 5.41 Å². The van der Waals surface area contributed by atoms with Crippen LogP contribution in [-0.4, -0.2) is 40.3 Å². The van der Waals surface area contributed by atoms with Gasteiger partial charge in [-0.15, -0.1) is 0 Å². The SMILES string of the molecule is Cc1cc(Cl)ccc1CN1CC[C@H](O)[C@](Cc2cccc(F)c2)(C(=O)O)C1. The summed E-state index contributed by atoms with van der Waals surface area (Å²) in [6.45, 7) is 3.34. The molecule has 3 rings (SSSR count). The van der Waals surface area contributed by atoms with Crippen LogP contribution in [0, 0.1) is 18.2 Å². The van der Waals surface area contributed by atoms with E-state index in [9.17, 15) is 19.4 Å². The Hall–Kier alpha value is -1.95. The lowest BCUT2D eigenvalue weighted by Gasteiger charge is -2.43. The standard InChI is InChI=1S/C21H23ClFNO3/c1-14-9-17(22)6-5-16(14)12-24-8-7-19(25)21(13-24,20(26)27)11-15-3-2-4-18(23)10-15/h2-6,9-10,19,25H,7-8,11-13H2,1H3,(H,26,27)/t19-,21+/m0/s1. The van der Waals surface area contributed by atoms with Crippen LogP contribution in [0.1, 0.15) is 23.1 Å². The third kappa shape index (κ3) is 4.32. The fourth-order valence-electron chi connectivity index (χ4n) is 3.85. The van der Waals surface area contributed by atoms with Gasteiger partial charge in [-0.25, -0.2) is 4.39 Å². The molecule has 0 radical (unpaired) electrons. The summed E-state index contributed by atoms with van der Waals surface area (Å²) in [5.41, 5.74) is 1.31. The summed E-state index contributed by atoms with van der Waals surface area (Å²) >= 11 is 6.01. The molecule has 4 nitrogen and oxygen atoms in total. The summed E-state index contributed by atoms with van der Waals surface area (Å²) in [6.07, 6.45) is -0.549. The van der Waals surface area contributed by atoms with Crippen LogP contribution in [0.5, 0.6) is 0 Å². The van der Waals surface area contributed by atoms with E-state index < -0.39 is 23.3 Å². The molecule has 2 aromatic rings. The van der Waals surface area contributed by atoms with E-state index in [-0.39, 0.29) is 13.0 Å². The highest BCUT2D eigenvalue weighted by molar-refractivity contribution is 6.30.